The maximum Gasteiger partial charge on any atom is 0.415 e. The van der Waals surface area contributed by atoms with Gasteiger partial charge >= 0.3 is 11.7 Å². The molecule has 0 radical (unpaired) electrons. The first-order valence-electron chi connectivity index (χ1n) is 9.61. The number of carbonyl (C=O) groups excluding carboxylic acids is 1. The van der Waals surface area contributed by atoms with Gasteiger partial charge in [0.25, 0.3) is 11.4 Å². The highest BCUT2D eigenvalue weighted by atomic mass is 16.5. The van der Waals surface area contributed by atoms with Gasteiger partial charge in [-0.2, -0.15) is 4.57 Å². The Morgan fingerprint density at radius 2 is 1.77 bits per heavy atom. The minimum absolute atomic E-state index is 0.0686. The second-order valence-electron chi connectivity index (χ2n) is 7.44. The van der Waals surface area contributed by atoms with Crippen molar-refractivity contribution in [3.8, 4) is 0 Å². The molecule has 0 saturated carbocycles. The van der Waals surface area contributed by atoms with Crippen molar-refractivity contribution < 1.29 is 19.6 Å². The van der Waals surface area contributed by atoms with E-state index >= 15 is 0 Å². The van der Waals surface area contributed by atoms with E-state index in [1.165, 1.54) is 11.7 Å². The molecular formula is C23H18N3O5+. The maximum absolute atomic E-state index is 12.9. The molecule has 0 saturated heterocycles. The zero-order chi connectivity index (χ0) is 21.9. The Morgan fingerprint density at radius 1 is 1.10 bits per heavy atom. The summed E-state index contributed by atoms with van der Waals surface area (Å²) in [6, 6.07) is 14.0. The van der Waals surface area contributed by atoms with Crippen LogP contribution in [-0.4, -0.2) is 33.4 Å². The molecule has 2 aromatic carbocycles. The first-order valence-corrected chi connectivity index (χ1v) is 9.61. The molecule has 1 aliphatic carbocycles. The molecular weight excluding hydrogens is 398 g/mol. The lowest BCUT2D eigenvalue weighted by atomic mass is 9.81. The number of rotatable bonds is 2. The lowest BCUT2D eigenvalue weighted by molar-refractivity contribution is -0.364. The third kappa shape index (κ3) is 2.61. The van der Waals surface area contributed by atoms with E-state index in [-0.39, 0.29) is 5.76 Å². The van der Waals surface area contributed by atoms with Crippen molar-refractivity contribution in [2.24, 2.45) is 7.05 Å². The predicted molar refractivity (Wildman–Crippen MR) is 113 cm³/mol. The number of esters is 1. The van der Waals surface area contributed by atoms with E-state index in [1.54, 1.807) is 37.4 Å². The van der Waals surface area contributed by atoms with Crippen LogP contribution in [0.5, 0.6) is 0 Å². The van der Waals surface area contributed by atoms with Crippen molar-refractivity contribution >= 4 is 23.3 Å². The lowest BCUT2D eigenvalue weighted by Crippen LogP contribution is -2.72. The lowest BCUT2D eigenvalue weighted by Gasteiger charge is -2.23. The van der Waals surface area contributed by atoms with Gasteiger partial charge in [0.05, 0.1) is 31.2 Å². The first kappa shape index (κ1) is 18.8. The highest BCUT2D eigenvalue weighted by Crippen LogP contribution is 2.43. The molecule has 0 bridgehead atoms. The normalized spacial score (nSPS) is 16.3. The molecule has 0 spiro atoms. The third-order valence-electron chi connectivity index (χ3n) is 5.82. The standard InChI is InChI=1S/C23H17N3O5/c1-26-20-17(21(28)25-23(26)30)15(11-7-9-12(10-8-11)22(29)31-2)16-18(24-20)13-5-3-4-6-14(13)19(16)27/h3-10,15,27H,1-2H3,(H,25,28,30)/p+1. The second kappa shape index (κ2) is 6.66. The number of fused-ring (bicyclic) bond motifs is 4. The third-order valence-corrected chi connectivity index (χ3v) is 5.82. The molecule has 0 fully saturated rings. The number of H-pyrrole nitrogens is 1. The molecule has 2 aliphatic rings. The Morgan fingerprint density at radius 3 is 2.45 bits per heavy atom. The summed E-state index contributed by atoms with van der Waals surface area (Å²) in [5.74, 6) is -0.695. The molecule has 0 amide bonds. The van der Waals surface area contributed by atoms with E-state index in [1.807, 2.05) is 18.2 Å². The zero-order valence-corrected chi connectivity index (χ0v) is 16.7. The van der Waals surface area contributed by atoms with Gasteiger partial charge < -0.3 is 9.84 Å². The number of benzene rings is 2. The molecule has 3 N–H and O–H groups in total. The van der Waals surface area contributed by atoms with Gasteiger partial charge in [-0.15, -0.1) is 0 Å². The SMILES string of the molecule is COC(=O)c1ccc(C2C3=C(O)c4ccccc4C3=[NH+]c3c2c(=O)[nH]c(=O)n3C)cc1. The van der Waals surface area contributed by atoms with Gasteiger partial charge in [-0.3, -0.25) is 9.78 Å². The number of aliphatic hydroxyl groups is 1. The highest BCUT2D eigenvalue weighted by Gasteiger charge is 2.43. The van der Waals surface area contributed by atoms with E-state index in [9.17, 15) is 19.5 Å². The van der Waals surface area contributed by atoms with Crippen LogP contribution in [0.15, 0.2) is 63.7 Å². The molecule has 8 heteroatoms. The van der Waals surface area contributed by atoms with E-state index in [4.69, 9.17) is 4.74 Å². The van der Waals surface area contributed by atoms with Crippen LogP contribution in [0.2, 0.25) is 0 Å². The predicted octanol–water partition coefficient (Wildman–Crippen LogP) is 0.490. The van der Waals surface area contributed by atoms with Crippen LogP contribution in [-0.2, 0) is 11.8 Å². The Balaban J connectivity index is 1.82. The van der Waals surface area contributed by atoms with Crippen molar-refractivity contribution in [3.63, 3.8) is 0 Å². The first-order chi connectivity index (χ1) is 14.9. The summed E-state index contributed by atoms with van der Waals surface area (Å²) in [5.41, 5.74) is 2.90. The Labute approximate surface area is 175 Å². The van der Waals surface area contributed by atoms with Crippen molar-refractivity contribution in [3.05, 3.63) is 103 Å². The second-order valence-corrected chi connectivity index (χ2v) is 7.44. The minimum atomic E-state index is -0.652. The Kier molecular flexibility index (Phi) is 4.04. The number of carbonyl (C=O) groups is 1. The fraction of sp³-hybridized carbons (Fsp3) is 0.130. The van der Waals surface area contributed by atoms with Gasteiger partial charge in [0.2, 0.25) is 0 Å². The number of aromatic nitrogens is 2. The van der Waals surface area contributed by atoms with Gasteiger partial charge in [-0.1, -0.05) is 30.3 Å². The van der Waals surface area contributed by atoms with Crippen LogP contribution >= 0.6 is 0 Å². The van der Waals surface area contributed by atoms with Crippen LogP contribution in [0.1, 0.15) is 38.5 Å². The largest absolute Gasteiger partial charge is 0.507 e. The molecule has 1 aromatic heterocycles. The Hall–Kier alpha value is -4.20. The average molecular weight is 416 g/mol. The monoisotopic (exact) mass is 416 g/mol. The van der Waals surface area contributed by atoms with Crippen molar-refractivity contribution in [2.75, 3.05) is 7.11 Å². The van der Waals surface area contributed by atoms with Crippen molar-refractivity contribution in [2.45, 2.75) is 5.92 Å². The number of nitrogens with one attached hydrogen (secondary N) is 2. The van der Waals surface area contributed by atoms with E-state index in [0.29, 0.717) is 39.4 Å². The highest BCUT2D eigenvalue weighted by molar-refractivity contribution is 6.21. The molecule has 31 heavy (non-hydrogen) atoms. The Bertz CT molecular complexity index is 1440. The van der Waals surface area contributed by atoms with E-state index in [0.717, 1.165) is 5.56 Å². The topological polar surface area (TPSA) is 115 Å². The van der Waals surface area contributed by atoms with Crippen LogP contribution in [0.25, 0.3) is 5.76 Å². The fourth-order valence-corrected chi connectivity index (χ4v) is 4.31. The summed E-state index contributed by atoms with van der Waals surface area (Å²) in [4.78, 5) is 42.6. The number of hydrogen-bond acceptors (Lipinski definition) is 5. The van der Waals surface area contributed by atoms with Gasteiger partial charge in [-0.05, 0) is 23.8 Å². The molecule has 154 valence electrons. The summed E-state index contributed by atoms with van der Waals surface area (Å²) in [6.07, 6.45) is 0. The quantitative estimate of drug-likeness (QED) is 0.526. The van der Waals surface area contributed by atoms with E-state index < -0.39 is 23.1 Å². The van der Waals surface area contributed by atoms with Crippen LogP contribution in [0.3, 0.4) is 0 Å². The van der Waals surface area contributed by atoms with Gasteiger partial charge in [-0.25, -0.2) is 14.6 Å². The number of allylic oxidation sites excluding steroid dienone is 1. The van der Waals surface area contributed by atoms with Crippen molar-refractivity contribution in [1.29, 1.82) is 0 Å². The molecule has 3 aromatic rings. The number of methoxy groups -OCH3 is 1. The summed E-state index contributed by atoms with van der Waals surface area (Å²) in [6.45, 7) is 0. The van der Waals surface area contributed by atoms with Crippen LogP contribution < -0.4 is 16.2 Å². The summed E-state index contributed by atoms with van der Waals surface area (Å²) in [5, 5.41) is 11.1. The number of hydrogen-bond donors (Lipinski definition) is 3. The molecule has 8 nitrogen and oxygen atoms in total. The van der Waals surface area contributed by atoms with Crippen LogP contribution in [0, 0.1) is 0 Å². The maximum atomic E-state index is 12.9. The fourth-order valence-electron chi connectivity index (χ4n) is 4.31. The molecule has 5 rings (SSSR count). The molecule has 2 heterocycles. The van der Waals surface area contributed by atoms with Gasteiger partial charge in [0, 0.05) is 11.1 Å². The van der Waals surface area contributed by atoms with E-state index in [2.05, 4.69) is 9.98 Å². The molecule has 1 aliphatic heterocycles. The number of ether oxygens (including phenoxy) is 1. The minimum Gasteiger partial charge on any atom is -0.507 e. The van der Waals surface area contributed by atoms with Crippen molar-refractivity contribution in [1.82, 2.24) is 9.55 Å². The number of nitrogens with zero attached hydrogens (tertiary/aromatic N) is 1. The summed E-state index contributed by atoms with van der Waals surface area (Å²) in [7, 11) is 2.87. The summed E-state index contributed by atoms with van der Waals surface area (Å²) >= 11 is 0. The van der Waals surface area contributed by atoms with Gasteiger partial charge in [0.15, 0.2) is 0 Å². The molecule has 1 atom stereocenters. The zero-order valence-electron chi connectivity index (χ0n) is 16.7. The van der Waals surface area contributed by atoms with Crippen LogP contribution in [0.4, 0.5) is 5.82 Å². The van der Waals surface area contributed by atoms with Gasteiger partial charge in [0.1, 0.15) is 17.0 Å². The number of aromatic amines is 1. The smallest absolute Gasteiger partial charge is 0.415 e. The molecule has 1 unspecified atom stereocenters. The number of aliphatic hydroxyl groups excluding tert-OH is 1. The summed E-state index contributed by atoms with van der Waals surface area (Å²) < 4.78 is 6.10. The average Bonchev–Trinajstić information content (AvgIpc) is 3.08.